The lowest BCUT2D eigenvalue weighted by molar-refractivity contribution is 0.393. The van der Waals surface area contributed by atoms with Crippen LogP contribution in [0.4, 0.5) is 5.69 Å². The molecule has 136 valence electrons. The molecule has 0 aliphatic rings. The molecule has 27 heavy (non-hydrogen) atoms. The lowest BCUT2D eigenvalue weighted by Gasteiger charge is -2.12. The number of rotatable bonds is 4. The molecular weight excluding hydrogens is 406 g/mol. The second kappa shape index (κ2) is 7.04. The van der Waals surface area contributed by atoms with E-state index in [1.54, 1.807) is 6.07 Å². The van der Waals surface area contributed by atoms with Gasteiger partial charge in [-0.2, -0.15) is 0 Å². The molecule has 0 amide bonds. The predicted octanol–water partition coefficient (Wildman–Crippen LogP) is 5.17. The summed E-state index contributed by atoms with van der Waals surface area (Å²) in [5.41, 5.74) is 5.40. The Morgan fingerprint density at radius 2 is 1.96 bits per heavy atom. The Morgan fingerprint density at radius 1 is 1.15 bits per heavy atom. The van der Waals surface area contributed by atoms with E-state index >= 15 is 0 Å². The summed E-state index contributed by atoms with van der Waals surface area (Å²) < 4.78 is 6.33. The largest absolute Gasteiger partial charge is 0.380 e. The molecule has 4 aromatic rings. The quantitative estimate of drug-likeness (QED) is 0.474. The van der Waals surface area contributed by atoms with Crippen LogP contribution in [0.3, 0.4) is 0 Å². The van der Waals surface area contributed by atoms with Gasteiger partial charge in [-0.1, -0.05) is 45.4 Å². The predicted molar refractivity (Wildman–Crippen MR) is 111 cm³/mol. The topological polar surface area (TPSA) is 70.9 Å². The average molecular weight is 424 g/mol. The molecule has 5 nitrogen and oxygen atoms in total. The second-order valence-electron chi connectivity index (χ2n) is 6.45. The maximum absolute atomic E-state index is 12.1. The normalized spacial score (nSPS) is 11.1. The van der Waals surface area contributed by atoms with Crippen molar-refractivity contribution in [3.63, 3.8) is 0 Å². The molecule has 0 unspecified atom stereocenters. The molecule has 6 heteroatoms. The molecule has 0 spiro atoms. The highest BCUT2D eigenvalue weighted by Crippen LogP contribution is 2.31. The van der Waals surface area contributed by atoms with Gasteiger partial charge in [-0.05, 0) is 43.2 Å². The highest BCUT2D eigenvalue weighted by atomic mass is 79.9. The number of aromatic nitrogens is 2. The van der Waals surface area contributed by atoms with E-state index < -0.39 is 0 Å². The molecule has 4 rings (SSSR count). The number of benzene rings is 2. The number of hydrogen-bond donors (Lipinski definition) is 2. The highest BCUT2D eigenvalue weighted by Gasteiger charge is 2.13. The Kier molecular flexibility index (Phi) is 4.58. The third-order valence-corrected chi connectivity index (χ3v) is 5.37. The van der Waals surface area contributed by atoms with Gasteiger partial charge in [0.15, 0.2) is 0 Å². The molecule has 0 atom stereocenters. The molecule has 0 bridgehead atoms. The zero-order chi connectivity index (χ0) is 19.0. The molecule has 2 heterocycles. The van der Waals surface area contributed by atoms with Crippen LogP contribution in [-0.4, -0.2) is 10.1 Å². The van der Waals surface area contributed by atoms with Crippen molar-refractivity contribution in [3.05, 3.63) is 80.4 Å². The summed E-state index contributed by atoms with van der Waals surface area (Å²) in [6.07, 6.45) is 0. The SMILES string of the molecule is Cc1noc(C)c1-c1ccc2[nH]c(=O)cc(NCc3ccccc3Br)c2c1. The zero-order valence-electron chi connectivity index (χ0n) is 15.0. The molecule has 0 saturated carbocycles. The van der Waals surface area contributed by atoms with Gasteiger partial charge < -0.3 is 14.8 Å². The lowest BCUT2D eigenvalue weighted by atomic mass is 10.0. The number of aromatic amines is 1. The number of nitrogens with zero attached hydrogens (tertiary/aromatic N) is 1. The van der Waals surface area contributed by atoms with Crippen molar-refractivity contribution in [1.82, 2.24) is 10.1 Å². The summed E-state index contributed by atoms with van der Waals surface area (Å²) >= 11 is 3.56. The van der Waals surface area contributed by atoms with E-state index in [4.69, 9.17) is 4.52 Å². The Balaban J connectivity index is 1.78. The maximum Gasteiger partial charge on any atom is 0.250 e. The first-order valence-electron chi connectivity index (χ1n) is 8.60. The number of pyridine rings is 1. The van der Waals surface area contributed by atoms with E-state index in [0.717, 1.165) is 49.2 Å². The number of fused-ring (bicyclic) bond motifs is 1. The molecule has 0 saturated heterocycles. The molecule has 0 aliphatic carbocycles. The lowest BCUT2D eigenvalue weighted by Crippen LogP contribution is -2.09. The van der Waals surface area contributed by atoms with Gasteiger partial charge in [-0.3, -0.25) is 4.79 Å². The van der Waals surface area contributed by atoms with Crippen LogP contribution in [0, 0.1) is 13.8 Å². The van der Waals surface area contributed by atoms with Crippen LogP contribution >= 0.6 is 15.9 Å². The summed E-state index contributed by atoms with van der Waals surface area (Å²) in [7, 11) is 0. The van der Waals surface area contributed by atoms with Crippen LogP contribution in [0.5, 0.6) is 0 Å². The molecule has 0 fully saturated rings. The fourth-order valence-corrected chi connectivity index (χ4v) is 3.71. The van der Waals surface area contributed by atoms with Crippen LogP contribution in [-0.2, 0) is 6.54 Å². The highest BCUT2D eigenvalue weighted by molar-refractivity contribution is 9.10. The van der Waals surface area contributed by atoms with Crippen LogP contribution in [0.25, 0.3) is 22.0 Å². The molecular formula is C21H18BrN3O2. The van der Waals surface area contributed by atoms with Crippen LogP contribution in [0.1, 0.15) is 17.0 Å². The van der Waals surface area contributed by atoms with Crippen molar-refractivity contribution in [3.8, 4) is 11.1 Å². The number of H-pyrrole nitrogens is 1. The van der Waals surface area contributed by atoms with Crippen LogP contribution in [0.15, 0.2) is 62.3 Å². The van der Waals surface area contributed by atoms with Gasteiger partial charge >= 0.3 is 0 Å². The van der Waals surface area contributed by atoms with Gasteiger partial charge in [0.1, 0.15) is 5.76 Å². The first-order chi connectivity index (χ1) is 13.0. The summed E-state index contributed by atoms with van der Waals surface area (Å²) in [6, 6.07) is 15.6. The molecule has 2 aromatic carbocycles. The standard InChI is InChI=1S/C21H18BrN3O2/c1-12-21(13(2)27-25-12)14-7-8-18-16(9-14)19(10-20(26)24-18)23-11-15-5-3-4-6-17(15)22/h3-10H,11H2,1-2H3,(H2,23,24,26). The van der Waals surface area contributed by atoms with Crippen molar-refractivity contribution in [2.45, 2.75) is 20.4 Å². The van der Waals surface area contributed by atoms with Gasteiger partial charge in [0, 0.05) is 33.7 Å². The van der Waals surface area contributed by atoms with E-state index in [2.05, 4.69) is 37.5 Å². The van der Waals surface area contributed by atoms with Gasteiger partial charge in [0.2, 0.25) is 5.56 Å². The first kappa shape index (κ1) is 17.5. The molecule has 2 aromatic heterocycles. The van der Waals surface area contributed by atoms with E-state index in [9.17, 15) is 4.79 Å². The van der Waals surface area contributed by atoms with Gasteiger partial charge in [-0.25, -0.2) is 0 Å². The number of nitrogens with one attached hydrogen (secondary N) is 2. The van der Waals surface area contributed by atoms with Crippen LogP contribution < -0.4 is 10.9 Å². The average Bonchev–Trinajstić information content (AvgIpc) is 2.99. The van der Waals surface area contributed by atoms with E-state index in [1.807, 2.05) is 50.2 Å². The Bertz CT molecular complexity index is 1170. The summed E-state index contributed by atoms with van der Waals surface area (Å²) in [6.45, 7) is 4.43. The molecule has 2 N–H and O–H groups in total. The second-order valence-corrected chi connectivity index (χ2v) is 7.31. The van der Waals surface area contributed by atoms with E-state index in [0.29, 0.717) is 6.54 Å². The minimum absolute atomic E-state index is 0.137. The smallest absolute Gasteiger partial charge is 0.250 e. The number of halogens is 1. The molecule has 0 radical (unpaired) electrons. The van der Waals surface area contributed by atoms with Gasteiger partial charge in [-0.15, -0.1) is 0 Å². The summed E-state index contributed by atoms with van der Waals surface area (Å²) in [5.74, 6) is 0.777. The van der Waals surface area contributed by atoms with Crippen molar-refractivity contribution in [1.29, 1.82) is 0 Å². The number of hydrogen-bond acceptors (Lipinski definition) is 4. The van der Waals surface area contributed by atoms with E-state index in [1.165, 1.54) is 0 Å². The van der Waals surface area contributed by atoms with Crippen LogP contribution in [0.2, 0.25) is 0 Å². The number of anilines is 1. The Labute approximate surface area is 164 Å². The number of aryl methyl sites for hydroxylation is 2. The Hall–Kier alpha value is -2.86. The monoisotopic (exact) mass is 423 g/mol. The van der Waals surface area contributed by atoms with Crippen molar-refractivity contribution < 1.29 is 4.52 Å². The fraction of sp³-hybridized carbons (Fsp3) is 0.143. The molecule has 0 aliphatic heterocycles. The van der Waals surface area contributed by atoms with Crippen molar-refractivity contribution >= 4 is 32.5 Å². The van der Waals surface area contributed by atoms with Crippen molar-refractivity contribution in [2.24, 2.45) is 0 Å². The third kappa shape index (κ3) is 3.40. The zero-order valence-corrected chi connectivity index (χ0v) is 16.6. The maximum atomic E-state index is 12.1. The van der Waals surface area contributed by atoms with E-state index in [-0.39, 0.29) is 5.56 Å². The first-order valence-corrected chi connectivity index (χ1v) is 9.40. The van der Waals surface area contributed by atoms with Crippen molar-refractivity contribution in [2.75, 3.05) is 5.32 Å². The summed E-state index contributed by atoms with van der Waals surface area (Å²) in [4.78, 5) is 15.0. The Morgan fingerprint density at radius 3 is 2.70 bits per heavy atom. The minimum atomic E-state index is -0.137. The third-order valence-electron chi connectivity index (χ3n) is 4.59. The minimum Gasteiger partial charge on any atom is -0.380 e. The van der Waals surface area contributed by atoms with Gasteiger partial charge in [0.05, 0.1) is 11.2 Å². The van der Waals surface area contributed by atoms with Gasteiger partial charge in [0.25, 0.3) is 0 Å². The fourth-order valence-electron chi connectivity index (χ4n) is 3.28. The summed E-state index contributed by atoms with van der Waals surface area (Å²) in [5, 5.41) is 8.38.